The van der Waals surface area contributed by atoms with E-state index in [4.69, 9.17) is 5.73 Å². The average molecular weight is 395 g/mol. The van der Waals surface area contributed by atoms with E-state index in [0.717, 1.165) is 9.26 Å². The molecule has 0 heterocycles. The fourth-order valence-corrected chi connectivity index (χ4v) is 2.03. The van der Waals surface area contributed by atoms with Crippen LogP contribution in [0.3, 0.4) is 0 Å². The maximum atomic E-state index is 11.8. The molecule has 0 aliphatic heterocycles. The average Bonchev–Trinajstić information content (AvgIpc) is 2.47. The number of hydrogen-bond acceptors (Lipinski definition) is 3. The van der Waals surface area contributed by atoms with Crippen LogP contribution in [0.1, 0.15) is 10.4 Å². The van der Waals surface area contributed by atoms with E-state index in [1.807, 2.05) is 24.3 Å². The third kappa shape index (κ3) is 4.75. The molecule has 0 atom stereocenters. The van der Waals surface area contributed by atoms with Crippen molar-refractivity contribution in [2.75, 3.05) is 17.2 Å². The summed E-state index contributed by atoms with van der Waals surface area (Å²) in [6.07, 6.45) is 0. The van der Waals surface area contributed by atoms with E-state index >= 15 is 0 Å². The van der Waals surface area contributed by atoms with Gasteiger partial charge in [0.15, 0.2) is 0 Å². The second kappa shape index (κ2) is 7.07. The van der Waals surface area contributed by atoms with Crippen molar-refractivity contribution in [1.29, 1.82) is 0 Å². The van der Waals surface area contributed by atoms with E-state index in [1.165, 1.54) is 0 Å². The van der Waals surface area contributed by atoms with Crippen LogP contribution >= 0.6 is 22.6 Å². The molecule has 2 aromatic carbocycles. The summed E-state index contributed by atoms with van der Waals surface area (Å²) < 4.78 is 1.14. The lowest BCUT2D eigenvalue weighted by Gasteiger charge is -2.08. The van der Waals surface area contributed by atoms with Gasteiger partial charge in [-0.25, -0.2) is 0 Å². The molecule has 21 heavy (non-hydrogen) atoms. The Hall–Kier alpha value is -2.09. The van der Waals surface area contributed by atoms with Crippen LogP contribution in [-0.2, 0) is 4.79 Å². The SMILES string of the molecule is NC(=O)c1ccc(NC(=O)CNc2ccc(I)cc2)cc1. The first-order valence-corrected chi connectivity index (χ1v) is 7.31. The zero-order chi connectivity index (χ0) is 15.2. The Morgan fingerprint density at radius 3 is 2.10 bits per heavy atom. The van der Waals surface area contributed by atoms with Crippen molar-refractivity contribution in [3.63, 3.8) is 0 Å². The van der Waals surface area contributed by atoms with Crippen LogP contribution in [0.15, 0.2) is 48.5 Å². The molecule has 0 fully saturated rings. The Bertz CT molecular complexity index is 639. The first-order chi connectivity index (χ1) is 10.0. The topological polar surface area (TPSA) is 84.2 Å². The van der Waals surface area contributed by atoms with Crippen molar-refractivity contribution in [2.45, 2.75) is 0 Å². The van der Waals surface area contributed by atoms with E-state index in [1.54, 1.807) is 24.3 Å². The van der Waals surface area contributed by atoms with Gasteiger partial charge in [-0.1, -0.05) is 0 Å². The van der Waals surface area contributed by atoms with E-state index in [9.17, 15) is 9.59 Å². The van der Waals surface area contributed by atoms with Gasteiger partial charge in [-0.3, -0.25) is 9.59 Å². The fraction of sp³-hybridized carbons (Fsp3) is 0.0667. The number of benzene rings is 2. The van der Waals surface area contributed by atoms with Crippen molar-refractivity contribution in [3.05, 3.63) is 57.7 Å². The summed E-state index contributed by atoms with van der Waals surface area (Å²) in [5.74, 6) is -0.659. The number of rotatable bonds is 5. The summed E-state index contributed by atoms with van der Waals surface area (Å²) >= 11 is 2.22. The first kappa shape index (κ1) is 15.3. The number of hydrogen-bond donors (Lipinski definition) is 3. The van der Waals surface area contributed by atoms with E-state index < -0.39 is 5.91 Å². The minimum atomic E-state index is -0.492. The molecule has 2 amide bonds. The molecule has 0 saturated heterocycles. The lowest BCUT2D eigenvalue weighted by molar-refractivity contribution is -0.114. The molecule has 0 aliphatic carbocycles. The van der Waals surface area contributed by atoms with Gasteiger partial charge in [0, 0.05) is 20.5 Å². The van der Waals surface area contributed by atoms with Crippen LogP contribution in [0.2, 0.25) is 0 Å². The zero-order valence-electron chi connectivity index (χ0n) is 11.1. The minimum absolute atomic E-state index is 0.165. The molecule has 4 N–H and O–H groups in total. The van der Waals surface area contributed by atoms with Gasteiger partial charge >= 0.3 is 0 Å². The van der Waals surface area contributed by atoms with Crippen molar-refractivity contribution in [2.24, 2.45) is 5.73 Å². The van der Waals surface area contributed by atoms with Crippen LogP contribution in [0.4, 0.5) is 11.4 Å². The standard InChI is InChI=1S/C15H14IN3O2/c16-11-3-7-12(8-4-11)18-9-14(20)19-13-5-1-10(2-6-13)15(17)21/h1-8,18H,9H2,(H2,17,21)(H,19,20). The number of nitrogens with one attached hydrogen (secondary N) is 2. The van der Waals surface area contributed by atoms with Crippen molar-refractivity contribution < 1.29 is 9.59 Å². The Balaban J connectivity index is 1.86. The van der Waals surface area contributed by atoms with Gasteiger partial charge in [-0.15, -0.1) is 0 Å². The van der Waals surface area contributed by atoms with E-state index in [2.05, 4.69) is 33.2 Å². The number of anilines is 2. The number of carbonyl (C=O) groups is 2. The molecule has 5 nitrogen and oxygen atoms in total. The largest absolute Gasteiger partial charge is 0.376 e. The number of halogens is 1. The first-order valence-electron chi connectivity index (χ1n) is 6.24. The number of primary amides is 1. The lowest BCUT2D eigenvalue weighted by Crippen LogP contribution is -2.21. The quantitative estimate of drug-likeness (QED) is 0.680. The lowest BCUT2D eigenvalue weighted by atomic mass is 10.2. The molecule has 0 unspecified atom stereocenters. The molecule has 0 spiro atoms. The van der Waals surface area contributed by atoms with Gasteiger partial charge in [0.25, 0.3) is 0 Å². The van der Waals surface area contributed by atoms with Crippen molar-refractivity contribution in [3.8, 4) is 0 Å². The molecule has 0 aliphatic rings. The summed E-state index contributed by atoms with van der Waals surface area (Å²) in [5.41, 5.74) is 7.06. The van der Waals surface area contributed by atoms with Crippen molar-refractivity contribution >= 4 is 45.8 Å². The van der Waals surface area contributed by atoms with Gasteiger partial charge in [-0.2, -0.15) is 0 Å². The van der Waals surface area contributed by atoms with E-state index in [-0.39, 0.29) is 12.5 Å². The maximum absolute atomic E-state index is 11.8. The zero-order valence-corrected chi connectivity index (χ0v) is 13.3. The van der Waals surface area contributed by atoms with Crippen LogP contribution in [0.25, 0.3) is 0 Å². The number of nitrogens with two attached hydrogens (primary N) is 1. The highest BCUT2D eigenvalue weighted by Gasteiger charge is 2.04. The van der Waals surface area contributed by atoms with Gasteiger partial charge in [0.1, 0.15) is 0 Å². The van der Waals surface area contributed by atoms with Gasteiger partial charge in [0.05, 0.1) is 6.54 Å². The molecule has 0 saturated carbocycles. The predicted molar refractivity (Wildman–Crippen MR) is 91.2 cm³/mol. The summed E-state index contributed by atoms with van der Waals surface area (Å²) in [7, 11) is 0. The number of amides is 2. The number of carbonyl (C=O) groups excluding carboxylic acids is 2. The molecule has 0 radical (unpaired) electrons. The Morgan fingerprint density at radius 1 is 0.952 bits per heavy atom. The summed E-state index contributed by atoms with van der Waals surface area (Å²) in [6, 6.07) is 14.2. The summed E-state index contributed by atoms with van der Waals surface area (Å²) in [4.78, 5) is 22.7. The minimum Gasteiger partial charge on any atom is -0.376 e. The second-order valence-electron chi connectivity index (χ2n) is 4.35. The van der Waals surface area contributed by atoms with Gasteiger partial charge < -0.3 is 16.4 Å². The van der Waals surface area contributed by atoms with Crippen LogP contribution in [0, 0.1) is 3.57 Å². The maximum Gasteiger partial charge on any atom is 0.248 e. The molecular weight excluding hydrogens is 381 g/mol. The van der Waals surface area contributed by atoms with E-state index in [0.29, 0.717) is 11.3 Å². The second-order valence-corrected chi connectivity index (χ2v) is 5.60. The smallest absolute Gasteiger partial charge is 0.248 e. The highest BCUT2D eigenvalue weighted by molar-refractivity contribution is 14.1. The fourth-order valence-electron chi connectivity index (χ4n) is 1.67. The molecule has 2 aromatic rings. The highest BCUT2D eigenvalue weighted by Crippen LogP contribution is 2.11. The third-order valence-corrected chi connectivity index (χ3v) is 3.47. The Morgan fingerprint density at radius 2 is 1.52 bits per heavy atom. The Kier molecular flexibility index (Phi) is 5.15. The third-order valence-electron chi connectivity index (χ3n) is 2.75. The summed E-state index contributed by atoms with van der Waals surface area (Å²) in [5, 5.41) is 5.77. The normalized spacial score (nSPS) is 9.95. The molecule has 108 valence electrons. The van der Waals surface area contributed by atoms with Crippen LogP contribution in [-0.4, -0.2) is 18.4 Å². The van der Waals surface area contributed by atoms with Crippen LogP contribution in [0.5, 0.6) is 0 Å². The van der Waals surface area contributed by atoms with Gasteiger partial charge in [0.2, 0.25) is 11.8 Å². The molecule has 0 aromatic heterocycles. The highest BCUT2D eigenvalue weighted by atomic mass is 127. The predicted octanol–water partition coefficient (Wildman–Crippen LogP) is 2.44. The molecule has 2 rings (SSSR count). The monoisotopic (exact) mass is 395 g/mol. The van der Waals surface area contributed by atoms with Gasteiger partial charge in [-0.05, 0) is 71.1 Å². The molecular formula is C15H14IN3O2. The molecule has 6 heteroatoms. The van der Waals surface area contributed by atoms with Crippen molar-refractivity contribution in [1.82, 2.24) is 0 Å². The Labute approximate surface area is 136 Å². The molecule has 0 bridgehead atoms. The summed E-state index contributed by atoms with van der Waals surface area (Å²) in [6.45, 7) is 0.165. The van der Waals surface area contributed by atoms with Crippen LogP contribution < -0.4 is 16.4 Å².